The van der Waals surface area contributed by atoms with Gasteiger partial charge < -0.3 is 4.74 Å². The van der Waals surface area contributed by atoms with Crippen LogP contribution in [0.2, 0.25) is 0 Å². The first-order valence-electron chi connectivity index (χ1n) is 3.35. The fourth-order valence-corrected chi connectivity index (χ4v) is 2.00. The first-order valence-corrected chi connectivity index (χ1v) is 5.69. The summed E-state index contributed by atoms with van der Waals surface area (Å²) in [6.45, 7) is 0.678. The first kappa shape index (κ1) is 10.6. The van der Waals surface area contributed by atoms with Gasteiger partial charge in [-0.05, 0) is 51.1 Å². The van der Waals surface area contributed by atoms with E-state index in [1.165, 1.54) is 0 Å². The van der Waals surface area contributed by atoms with Gasteiger partial charge in [0.1, 0.15) is 0 Å². The lowest BCUT2D eigenvalue weighted by Gasteiger charge is -2.30. The molecule has 1 fully saturated rings. The summed E-state index contributed by atoms with van der Waals surface area (Å²) in [5.74, 6) is 0. The van der Waals surface area contributed by atoms with E-state index in [0.717, 1.165) is 19.3 Å². The summed E-state index contributed by atoms with van der Waals surface area (Å²) in [6, 6.07) is 0. The maximum Gasteiger partial charge on any atom is 0.210 e. The Hall–Kier alpha value is 1.50. The molecule has 1 aliphatic heterocycles. The van der Waals surface area contributed by atoms with Crippen molar-refractivity contribution in [3.05, 3.63) is 0 Å². The summed E-state index contributed by atoms with van der Waals surface area (Å²) in [7, 11) is 0. The number of ether oxygens (including phenoxy) is 1. The molecule has 0 aromatic carbocycles. The Balaban J connectivity index is 2.72. The van der Waals surface area contributed by atoms with Gasteiger partial charge in [0, 0.05) is 6.61 Å². The summed E-state index contributed by atoms with van der Waals surface area (Å²) in [5.41, 5.74) is 0. The molecule has 1 rings (SSSR count). The normalized spacial score (nSPS) is 29.5. The molecule has 0 saturated carbocycles. The molecular formula is C6H8Br2Cl2O. The van der Waals surface area contributed by atoms with Crippen LogP contribution in [-0.4, -0.2) is 14.4 Å². The van der Waals surface area contributed by atoms with Crippen molar-refractivity contribution in [3.8, 4) is 0 Å². The largest absolute Gasteiger partial charge is 0.351 e. The van der Waals surface area contributed by atoms with Gasteiger partial charge in [-0.25, -0.2) is 0 Å². The standard InChI is InChI=1S/C6H8Br2Cl2O/c7-6(8)5(9,10)3-1-2-4-11-6/h1-4H2. The Morgan fingerprint density at radius 1 is 1.18 bits per heavy atom. The number of halogens is 4. The number of alkyl halides is 4. The van der Waals surface area contributed by atoms with E-state index in [2.05, 4.69) is 31.9 Å². The van der Waals surface area contributed by atoms with Crippen LogP contribution >= 0.6 is 55.1 Å². The fraction of sp³-hybridized carbons (Fsp3) is 1.00. The Morgan fingerprint density at radius 3 is 2.45 bits per heavy atom. The molecule has 0 spiro atoms. The molecule has 11 heavy (non-hydrogen) atoms. The van der Waals surface area contributed by atoms with Crippen LogP contribution < -0.4 is 0 Å². The number of hydrogen-bond acceptors (Lipinski definition) is 1. The van der Waals surface area contributed by atoms with Gasteiger partial charge in [-0.3, -0.25) is 0 Å². The second-order valence-electron chi connectivity index (χ2n) is 2.53. The molecule has 0 unspecified atom stereocenters. The van der Waals surface area contributed by atoms with E-state index in [9.17, 15) is 0 Å². The van der Waals surface area contributed by atoms with Crippen molar-refractivity contribution < 1.29 is 4.74 Å². The van der Waals surface area contributed by atoms with E-state index in [4.69, 9.17) is 27.9 Å². The molecule has 0 aliphatic carbocycles. The molecule has 1 nitrogen and oxygen atoms in total. The minimum Gasteiger partial charge on any atom is -0.351 e. The second kappa shape index (κ2) is 3.70. The molecule has 0 aromatic rings. The average Bonchev–Trinajstić information content (AvgIpc) is 1.94. The zero-order chi connectivity index (χ0) is 8.54. The molecule has 0 atom stereocenters. The third kappa shape index (κ3) is 2.47. The van der Waals surface area contributed by atoms with E-state index >= 15 is 0 Å². The monoisotopic (exact) mass is 324 g/mol. The fourth-order valence-electron chi connectivity index (χ4n) is 0.901. The average molecular weight is 327 g/mol. The highest BCUT2D eigenvalue weighted by Crippen LogP contribution is 2.50. The van der Waals surface area contributed by atoms with Gasteiger partial charge in [0.05, 0.1) is 0 Å². The Kier molecular flexibility index (Phi) is 3.56. The highest BCUT2D eigenvalue weighted by atomic mass is 79.9. The lowest BCUT2D eigenvalue weighted by Crippen LogP contribution is -2.36. The van der Waals surface area contributed by atoms with Gasteiger partial charge >= 0.3 is 0 Å². The molecule has 0 amide bonds. The van der Waals surface area contributed by atoms with Crippen molar-refractivity contribution in [1.82, 2.24) is 0 Å². The maximum absolute atomic E-state index is 6.01. The van der Waals surface area contributed by atoms with Crippen molar-refractivity contribution in [1.29, 1.82) is 0 Å². The molecule has 1 saturated heterocycles. The van der Waals surface area contributed by atoms with Crippen LogP contribution in [0.1, 0.15) is 19.3 Å². The van der Waals surface area contributed by atoms with E-state index in [1.807, 2.05) is 0 Å². The second-order valence-corrected chi connectivity index (χ2v) is 7.31. The van der Waals surface area contributed by atoms with Gasteiger partial charge in [0.2, 0.25) is 3.42 Å². The molecule has 1 heterocycles. The topological polar surface area (TPSA) is 9.23 Å². The van der Waals surface area contributed by atoms with Crippen LogP contribution in [0.4, 0.5) is 0 Å². The molecule has 66 valence electrons. The summed E-state index contributed by atoms with van der Waals surface area (Å²) >= 11 is 18.6. The van der Waals surface area contributed by atoms with Crippen molar-refractivity contribution >= 4 is 55.1 Å². The highest BCUT2D eigenvalue weighted by Gasteiger charge is 2.47. The quantitative estimate of drug-likeness (QED) is 0.615. The molecule has 1 aliphatic rings. The van der Waals surface area contributed by atoms with Gasteiger partial charge in [0.15, 0.2) is 4.33 Å². The summed E-state index contributed by atoms with van der Waals surface area (Å²) in [4.78, 5) is 0. The van der Waals surface area contributed by atoms with Crippen molar-refractivity contribution in [3.63, 3.8) is 0 Å². The lowest BCUT2D eigenvalue weighted by molar-refractivity contribution is 0.101. The molecule has 0 bridgehead atoms. The molecule has 0 N–H and O–H groups in total. The van der Waals surface area contributed by atoms with E-state index in [1.54, 1.807) is 0 Å². The zero-order valence-electron chi connectivity index (χ0n) is 5.75. The predicted molar refractivity (Wildman–Crippen MR) is 54.8 cm³/mol. The van der Waals surface area contributed by atoms with E-state index < -0.39 is 7.75 Å². The van der Waals surface area contributed by atoms with Crippen LogP contribution in [0.25, 0.3) is 0 Å². The summed E-state index contributed by atoms with van der Waals surface area (Å²) in [5, 5.41) is 0. The number of hydrogen-bond donors (Lipinski definition) is 0. The van der Waals surface area contributed by atoms with Crippen LogP contribution in [0.5, 0.6) is 0 Å². The summed E-state index contributed by atoms with van der Waals surface area (Å²) in [6.07, 6.45) is 2.72. The smallest absolute Gasteiger partial charge is 0.210 e. The third-order valence-electron chi connectivity index (χ3n) is 1.59. The van der Waals surface area contributed by atoms with Gasteiger partial charge in [-0.15, -0.1) is 0 Å². The molecule has 0 aromatic heterocycles. The van der Waals surface area contributed by atoms with E-state index in [-0.39, 0.29) is 0 Å². The first-order chi connectivity index (χ1) is 4.96. The van der Waals surface area contributed by atoms with Crippen molar-refractivity contribution in [2.75, 3.05) is 6.61 Å². The van der Waals surface area contributed by atoms with Crippen LogP contribution in [0.15, 0.2) is 0 Å². The van der Waals surface area contributed by atoms with Gasteiger partial charge in [-0.2, -0.15) is 0 Å². The summed E-state index contributed by atoms with van der Waals surface area (Å²) < 4.78 is 3.70. The van der Waals surface area contributed by atoms with Gasteiger partial charge in [-0.1, -0.05) is 23.2 Å². The highest BCUT2D eigenvalue weighted by molar-refractivity contribution is 9.25. The van der Waals surface area contributed by atoms with Crippen molar-refractivity contribution in [2.45, 2.75) is 27.0 Å². The maximum atomic E-state index is 6.01. The Bertz CT molecular complexity index is 134. The van der Waals surface area contributed by atoms with Crippen LogP contribution in [0, 0.1) is 0 Å². The van der Waals surface area contributed by atoms with Crippen LogP contribution in [0.3, 0.4) is 0 Å². The third-order valence-corrected chi connectivity index (χ3v) is 5.23. The number of rotatable bonds is 0. The molecule has 5 heteroatoms. The molecular weight excluding hydrogens is 319 g/mol. The van der Waals surface area contributed by atoms with Gasteiger partial charge in [0.25, 0.3) is 0 Å². The van der Waals surface area contributed by atoms with E-state index in [0.29, 0.717) is 6.61 Å². The predicted octanol–water partition coefficient (Wildman–Crippen LogP) is 3.80. The minimum atomic E-state index is -0.885. The minimum absolute atomic E-state index is 0.678. The van der Waals surface area contributed by atoms with Crippen LogP contribution in [-0.2, 0) is 4.74 Å². The Labute approximate surface area is 93.0 Å². The SMILES string of the molecule is ClC1(Cl)CCCCOC1(Br)Br. The lowest BCUT2D eigenvalue weighted by atomic mass is 10.2. The zero-order valence-corrected chi connectivity index (χ0v) is 10.4. The molecule has 0 radical (unpaired) electrons. The Morgan fingerprint density at radius 2 is 1.82 bits per heavy atom. The van der Waals surface area contributed by atoms with Crippen molar-refractivity contribution in [2.24, 2.45) is 0 Å².